The van der Waals surface area contributed by atoms with Gasteiger partial charge in [0.25, 0.3) is 0 Å². The van der Waals surface area contributed by atoms with Crippen LogP contribution in [0.4, 0.5) is 4.79 Å². The molecular formula is C11H15N3O. The molecule has 80 valence electrons. The van der Waals surface area contributed by atoms with Crippen molar-refractivity contribution in [2.24, 2.45) is 5.73 Å². The van der Waals surface area contributed by atoms with Crippen LogP contribution >= 0.6 is 0 Å². The number of amides is 2. The second kappa shape index (κ2) is 4.31. The number of urea groups is 1. The summed E-state index contributed by atoms with van der Waals surface area (Å²) in [6.07, 6.45) is 0.906. The van der Waals surface area contributed by atoms with Gasteiger partial charge in [-0.2, -0.15) is 0 Å². The molecule has 2 amide bonds. The number of hydrogen-bond acceptors (Lipinski definition) is 2. The van der Waals surface area contributed by atoms with E-state index < -0.39 is 0 Å². The molecule has 0 bridgehead atoms. The summed E-state index contributed by atoms with van der Waals surface area (Å²) in [4.78, 5) is 11.2. The average molecular weight is 205 g/mol. The van der Waals surface area contributed by atoms with Gasteiger partial charge in [0.2, 0.25) is 0 Å². The third kappa shape index (κ3) is 2.10. The predicted molar refractivity (Wildman–Crippen MR) is 58.2 cm³/mol. The molecule has 1 aliphatic rings. The van der Waals surface area contributed by atoms with Crippen molar-refractivity contribution in [3.63, 3.8) is 0 Å². The van der Waals surface area contributed by atoms with E-state index in [0.29, 0.717) is 6.54 Å². The Kier molecular flexibility index (Phi) is 2.87. The number of nitrogens with one attached hydrogen (secondary N) is 2. The number of hydrogen-bond donors (Lipinski definition) is 3. The van der Waals surface area contributed by atoms with Crippen LogP contribution in [0.3, 0.4) is 0 Å². The van der Waals surface area contributed by atoms with E-state index in [4.69, 9.17) is 5.73 Å². The zero-order chi connectivity index (χ0) is 10.7. The SMILES string of the molecule is NCc1ccccc1C1CCNC(=O)N1. The van der Waals surface area contributed by atoms with Crippen LogP contribution in [-0.2, 0) is 6.54 Å². The molecule has 4 heteroatoms. The van der Waals surface area contributed by atoms with Crippen LogP contribution in [0, 0.1) is 0 Å². The number of benzene rings is 1. The Balaban J connectivity index is 2.24. The number of nitrogens with two attached hydrogens (primary N) is 1. The summed E-state index contributed by atoms with van der Waals surface area (Å²) in [6.45, 7) is 1.23. The first kappa shape index (κ1) is 9.98. The Bertz CT molecular complexity index is 365. The zero-order valence-corrected chi connectivity index (χ0v) is 8.49. The van der Waals surface area contributed by atoms with Gasteiger partial charge in [0.15, 0.2) is 0 Å². The standard InChI is InChI=1S/C11H15N3O/c12-7-8-3-1-2-4-9(8)10-5-6-13-11(15)14-10/h1-4,10H,5-7,12H2,(H2,13,14,15). The van der Waals surface area contributed by atoms with Crippen LogP contribution in [0.15, 0.2) is 24.3 Å². The largest absolute Gasteiger partial charge is 0.338 e. The summed E-state index contributed by atoms with van der Waals surface area (Å²) in [6, 6.07) is 7.97. The van der Waals surface area contributed by atoms with E-state index in [1.165, 1.54) is 0 Å². The predicted octanol–water partition coefficient (Wildman–Crippen LogP) is 0.889. The Morgan fingerprint density at radius 3 is 2.93 bits per heavy atom. The summed E-state index contributed by atoms with van der Waals surface area (Å²) in [5, 5.41) is 5.64. The van der Waals surface area contributed by atoms with Gasteiger partial charge in [-0.3, -0.25) is 0 Å². The van der Waals surface area contributed by atoms with Crippen LogP contribution < -0.4 is 16.4 Å². The van der Waals surface area contributed by atoms with Crippen LogP contribution in [0.5, 0.6) is 0 Å². The summed E-state index contributed by atoms with van der Waals surface area (Å²) in [5.41, 5.74) is 7.90. The summed E-state index contributed by atoms with van der Waals surface area (Å²) < 4.78 is 0. The summed E-state index contributed by atoms with van der Waals surface area (Å²) >= 11 is 0. The maximum Gasteiger partial charge on any atom is 0.315 e. The van der Waals surface area contributed by atoms with Gasteiger partial charge in [0, 0.05) is 13.1 Å². The first-order chi connectivity index (χ1) is 7.31. The number of carbonyl (C=O) groups excluding carboxylic acids is 1. The summed E-state index contributed by atoms with van der Waals surface area (Å²) in [7, 11) is 0. The van der Waals surface area contributed by atoms with Crippen LogP contribution in [0.2, 0.25) is 0 Å². The third-order valence-electron chi connectivity index (χ3n) is 2.67. The highest BCUT2D eigenvalue weighted by Gasteiger charge is 2.20. The molecule has 1 aromatic rings. The molecule has 2 rings (SSSR count). The molecule has 0 spiro atoms. The summed E-state index contributed by atoms with van der Waals surface area (Å²) in [5.74, 6) is 0. The lowest BCUT2D eigenvalue weighted by Crippen LogP contribution is -2.44. The van der Waals surface area contributed by atoms with E-state index in [0.717, 1.165) is 24.1 Å². The van der Waals surface area contributed by atoms with Gasteiger partial charge in [0.1, 0.15) is 0 Å². The fraction of sp³-hybridized carbons (Fsp3) is 0.364. The van der Waals surface area contributed by atoms with Crippen LogP contribution in [-0.4, -0.2) is 12.6 Å². The van der Waals surface area contributed by atoms with Crippen molar-refractivity contribution in [2.75, 3.05) is 6.54 Å². The molecule has 1 atom stereocenters. The van der Waals surface area contributed by atoms with Gasteiger partial charge >= 0.3 is 6.03 Å². The lowest BCUT2D eigenvalue weighted by molar-refractivity contribution is 0.229. The quantitative estimate of drug-likeness (QED) is 0.671. The lowest BCUT2D eigenvalue weighted by Gasteiger charge is -2.26. The van der Waals surface area contributed by atoms with Crippen molar-refractivity contribution in [1.82, 2.24) is 10.6 Å². The van der Waals surface area contributed by atoms with Crippen molar-refractivity contribution in [2.45, 2.75) is 19.0 Å². The molecule has 0 aliphatic carbocycles. The zero-order valence-electron chi connectivity index (χ0n) is 8.49. The smallest absolute Gasteiger partial charge is 0.315 e. The fourth-order valence-electron chi connectivity index (χ4n) is 1.90. The van der Waals surface area contributed by atoms with Crippen molar-refractivity contribution in [3.8, 4) is 0 Å². The second-order valence-electron chi connectivity index (χ2n) is 3.64. The lowest BCUT2D eigenvalue weighted by atomic mass is 9.97. The molecule has 1 saturated heterocycles. The fourth-order valence-corrected chi connectivity index (χ4v) is 1.90. The molecule has 1 unspecified atom stereocenters. The van der Waals surface area contributed by atoms with Crippen molar-refractivity contribution < 1.29 is 4.79 Å². The maximum absolute atomic E-state index is 11.2. The van der Waals surface area contributed by atoms with Gasteiger partial charge in [-0.25, -0.2) is 4.79 Å². The molecular weight excluding hydrogens is 190 g/mol. The average Bonchev–Trinajstić information content (AvgIpc) is 2.29. The van der Waals surface area contributed by atoms with Crippen LogP contribution in [0.1, 0.15) is 23.6 Å². The molecule has 0 aromatic heterocycles. The molecule has 4 N–H and O–H groups in total. The monoisotopic (exact) mass is 205 g/mol. The van der Waals surface area contributed by atoms with E-state index in [1.807, 2.05) is 24.3 Å². The Hall–Kier alpha value is -1.55. The van der Waals surface area contributed by atoms with E-state index in [9.17, 15) is 4.79 Å². The molecule has 1 aliphatic heterocycles. The van der Waals surface area contributed by atoms with Gasteiger partial charge < -0.3 is 16.4 Å². The molecule has 0 saturated carbocycles. The van der Waals surface area contributed by atoms with Gasteiger partial charge in [-0.05, 0) is 17.5 Å². The Labute approximate surface area is 88.9 Å². The third-order valence-corrected chi connectivity index (χ3v) is 2.67. The molecule has 1 fully saturated rings. The first-order valence-corrected chi connectivity index (χ1v) is 5.13. The topological polar surface area (TPSA) is 67.1 Å². The minimum atomic E-state index is -0.0990. The molecule has 1 heterocycles. The number of carbonyl (C=O) groups is 1. The van der Waals surface area contributed by atoms with Crippen LogP contribution in [0.25, 0.3) is 0 Å². The molecule has 0 radical (unpaired) electrons. The van der Waals surface area contributed by atoms with Gasteiger partial charge in [0.05, 0.1) is 6.04 Å². The van der Waals surface area contributed by atoms with Gasteiger partial charge in [-0.15, -0.1) is 0 Å². The second-order valence-corrected chi connectivity index (χ2v) is 3.64. The van der Waals surface area contributed by atoms with Crippen molar-refractivity contribution in [1.29, 1.82) is 0 Å². The minimum Gasteiger partial charge on any atom is -0.338 e. The highest BCUT2D eigenvalue weighted by Crippen LogP contribution is 2.21. The van der Waals surface area contributed by atoms with E-state index >= 15 is 0 Å². The van der Waals surface area contributed by atoms with E-state index in [1.54, 1.807) is 0 Å². The molecule has 1 aromatic carbocycles. The van der Waals surface area contributed by atoms with Crippen molar-refractivity contribution in [3.05, 3.63) is 35.4 Å². The van der Waals surface area contributed by atoms with Gasteiger partial charge in [-0.1, -0.05) is 24.3 Å². The normalized spacial score (nSPS) is 20.6. The molecule has 4 nitrogen and oxygen atoms in total. The Morgan fingerprint density at radius 2 is 2.20 bits per heavy atom. The van der Waals surface area contributed by atoms with Crippen molar-refractivity contribution >= 4 is 6.03 Å². The Morgan fingerprint density at radius 1 is 1.40 bits per heavy atom. The highest BCUT2D eigenvalue weighted by atomic mass is 16.2. The number of rotatable bonds is 2. The minimum absolute atomic E-state index is 0.0958. The highest BCUT2D eigenvalue weighted by molar-refractivity contribution is 5.75. The maximum atomic E-state index is 11.2. The van der Waals surface area contributed by atoms with E-state index in [2.05, 4.69) is 10.6 Å². The molecule has 15 heavy (non-hydrogen) atoms. The first-order valence-electron chi connectivity index (χ1n) is 5.13. The van der Waals surface area contributed by atoms with E-state index in [-0.39, 0.29) is 12.1 Å².